The molecule has 1 aliphatic rings. The zero-order valence-electron chi connectivity index (χ0n) is 2.60. The van der Waals surface area contributed by atoms with Crippen LogP contribution in [0.4, 0.5) is 0 Å². The summed E-state index contributed by atoms with van der Waals surface area (Å²) in [5.74, 6) is 0. The summed E-state index contributed by atoms with van der Waals surface area (Å²) < 4.78 is 3.93. The van der Waals surface area contributed by atoms with Crippen molar-refractivity contribution in [1.82, 2.24) is 3.30 Å². The van der Waals surface area contributed by atoms with Crippen molar-refractivity contribution >= 4 is 0 Å². The molecule has 1 saturated heterocycles. The van der Waals surface area contributed by atoms with Crippen LogP contribution in [0.25, 0.3) is 0 Å². The van der Waals surface area contributed by atoms with E-state index in [0.29, 0.717) is 0 Å². The van der Waals surface area contributed by atoms with E-state index in [0.717, 1.165) is 0 Å². The third kappa shape index (κ3) is 0.570. The molecule has 1 heterocycles. The Kier molecular flexibility index (Phi) is 0.605. The Bertz CT molecular complexity index is 25.2. The normalized spacial score (nSPS) is 37.8. The fourth-order valence-corrected chi connectivity index (χ4v) is 0.518. The molecule has 0 aromatic heterocycles. The monoisotopic (exact) mass is 224 g/mol. The Morgan fingerprint density at radius 2 is 2.25 bits per heavy atom. The topological polar surface area (TPSA) is 3.01 Å². The predicted octanol–water partition coefficient (Wildman–Crippen LogP) is -0.113. The van der Waals surface area contributed by atoms with E-state index in [1.807, 2.05) is 0 Å². The van der Waals surface area contributed by atoms with Gasteiger partial charge in [-0.1, -0.05) is 0 Å². The molecule has 0 radical (unpaired) electrons. The van der Waals surface area contributed by atoms with Gasteiger partial charge in [0.05, 0.1) is 0 Å². The molecule has 23 valence electrons. The first-order valence-corrected chi connectivity index (χ1v) is 4.99. The maximum atomic E-state index is 2.43. The molecule has 0 N–H and O–H groups in total. The van der Waals surface area contributed by atoms with Crippen molar-refractivity contribution in [2.45, 2.75) is 0 Å². The molecule has 0 bridgehead atoms. The first-order chi connectivity index (χ1) is 1.89. The van der Waals surface area contributed by atoms with Crippen molar-refractivity contribution in [2.24, 2.45) is 0 Å². The van der Waals surface area contributed by atoms with E-state index in [1.165, 1.54) is 4.76 Å². The summed E-state index contributed by atoms with van der Waals surface area (Å²) in [4.78, 5) is 0. The van der Waals surface area contributed by atoms with Crippen LogP contribution in [0.2, 0.25) is 0 Å². The van der Waals surface area contributed by atoms with Crippen molar-refractivity contribution in [3.63, 3.8) is 0 Å². The molecule has 0 saturated carbocycles. The Labute approximate surface area is 35.6 Å². The van der Waals surface area contributed by atoms with Crippen LogP contribution >= 0.6 is 0 Å². The second-order valence-electron chi connectivity index (χ2n) is 0.940. The molecule has 0 aliphatic carbocycles. The summed E-state index contributed by atoms with van der Waals surface area (Å²) in [6, 6.07) is 0. The second kappa shape index (κ2) is 0.830. The second-order valence-corrected chi connectivity index (χ2v) is 5.43. The van der Waals surface area contributed by atoms with Crippen LogP contribution in [0.3, 0.4) is 0 Å². The van der Waals surface area contributed by atoms with Gasteiger partial charge in [0, 0.05) is 0 Å². The molecule has 0 amide bonds. The SMILES string of the molecule is C[N]1[CH2][Ta]1. The van der Waals surface area contributed by atoms with Gasteiger partial charge in [-0.2, -0.15) is 0 Å². The molecule has 0 aromatic rings. The predicted molar refractivity (Wildman–Crippen MR) is 12.6 cm³/mol. The average Bonchev–Trinajstić information content (AvgIpc) is 1.75. The summed E-state index contributed by atoms with van der Waals surface area (Å²) in [7, 11) is 2.19. The van der Waals surface area contributed by atoms with E-state index in [1.54, 1.807) is 0 Å². The van der Waals surface area contributed by atoms with Gasteiger partial charge in [0.15, 0.2) is 0 Å². The van der Waals surface area contributed by atoms with Crippen molar-refractivity contribution in [1.29, 1.82) is 0 Å². The van der Waals surface area contributed by atoms with E-state index in [2.05, 4.69) is 10.4 Å². The zero-order valence-corrected chi connectivity index (χ0v) is 5.81. The van der Waals surface area contributed by atoms with E-state index in [4.69, 9.17) is 0 Å². The van der Waals surface area contributed by atoms with Gasteiger partial charge in [-0.05, 0) is 0 Å². The van der Waals surface area contributed by atoms with Gasteiger partial charge in [-0.3, -0.25) is 0 Å². The number of rotatable bonds is 0. The zero-order chi connectivity index (χ0) is 2.99. The number of nitrogens with zero attached hydrogens (tertiary/aromatic N) is 1. The summed E-state index contributed by atoms with van der Waals surface area (Å²) >= 11 is 0.156. The summed E-state index contributed by atoms with van der Waals surface area (Å²) in [6.45, 7) is 0. The molecule has 1 nitrogen and oxygen atoms in total. The van der Waals surface area contributed by atoms with E-state index in [9.17, 15) is 0 Å². The van der Waals surface area contributed by atoms with Crippen molar-refractivity contribution in [3.05, 3.63) is 0 Å². The minimum absolute atomic E-state index is 0.156. The van der Waals surface area contributed by atoms with E-state index < -0.39 is 0 Å². The fraction of sp³-hybridized carbons (Fsp3) is 1.00. The molecule has 0 aromatic carbocycles. The van der Waals surface area contributed by atoms with Crippen LogP contribution in [0.5, 0.6) is 0 Å². The average molecular weight is 224 g/mol. The summed E-state index contributed by atoms with van der Waals surface area (Å²) in [6.07, 6.45) is 0. The van der Waals surface area contributed by atoms with Crippen LogP contribution < -0.4 is 0 Å². The van der Waals surface area contributed by atoms with E-state index in [-0.39, 0.29) is 20.0 Å². The molecule has 1 atom stereocenters. The third-order valence-electron chi connectivity index (χ3n) is 0.424. The van der Waals surface area contributed by atoms with Crippen LogP contribution in [-0.2, 0) is 20.0 Å². The fourth-order valence-electron chi connectivity index (χ4n) is 0.0632. The molecule has 1 unspecified atom stereocenters. The maximum absolute atomic E-state index is 2.43. The molecule has 0 spiro atoms. The molecule has 4 heavy (non-hydrogen) atoms. The number of hydrogen-bond donors (Lipinski definition) is 0. The van der Waals surface area contributed by atoms with Crippen molar-refractivity contribution in [2.75, 3.05) is 11.8 Å². The van der Waals surface area contributed by atoms with Crippen LogP contribution in [-0.4, -0.2) is 15.1 Å². The molecule has 1 fully saturated rings. The quantitative estimate of drug-likeness (QED) is 0.518. The first kappa shape index (κ1) is 2.91. The minimum atomic E-state index is 0.156. The van der Waals surface area contributed by atoms with Gasteiger partial charge in [-0.25, -0.2) is 0 Å². The Hall–Kier alpha value is 0.700. The standard InChI is InChI=1S/C2H5N.Ta/c1-3-2;/h1H2,2H3;/q-1;+1. The Morgan fingerprint density at radius 3 is 2.25 bits per heavy atom. The molecular weight excluding hydrogens is 219 g/mol. The van der Waals surface area contributed by atoms with Crippen LogP contribution in [0.1, 0.15) is 0 Å². The van der Waals surface area contributed by atoms with Crippen LogP contribution in [0, 0.1) is 0 Å². The van der Waals surface area contributed by atoms with Gasteiger partial charge < -0.3 is 0 Å². The van der Waals surface area contributed by atoms with Gasteiger partial charge in [-0.15, -0.1) is 0 Å². The first-order valence-electron chi connectivity index (χ1n) is 1.28. The van der Waals surface area contributed by atoms with Gasteiger partial charge in [0.2, 0.25) is 0 Å². The molecule has 1 aliphatic heterocycles. The van der Waals surface area contributed by atoms with Gasteiger partial charge >= 0.3 is 35.1 Å². The molecular formula is C2H5NTa. The summed E-state index contributed by atoms with van der Waals surface area (Å²) in [5.41, 5.74) is 0. The Balaban J connectivity index is 2.17. The van der Waals surface area contributed by atoms with E-state index >= 15 is 0 Å². The van der Waals surface area contributed by atoms with Gasteiger partial charge in [0.1, 0.15) is 0 Å². The number of hydrogen-bond acceptors (Lipinski definition) is 1. The molecule has 1 rings (SSSR count). The molecule has 2 heteroatoms. The van der Waals surface area contributed by atoms with Crippen molar-refractivity contribution < 1.29 is 20.0 Å². The van der Waals surface area contributed by atoms with Crippen molar-refractivity contribution in [3.8, 4) is 0 Å². The summed E-state index contributed by atoms with van der Waals surface area (Å²) in [5, 5.41) is 0. The van der Waals surface area contributed by atoms with Crippen LogP contribution in [0.15, 0.2) is 0 Å². The third-order valence-corrected chi connectivity index (χ3v) is 3.47. The van der Waals surface area contributed by atoms with Gasteiger partial charge in [0.25, 0.3) is 0 Å². The Morgan fingerprint density at radius 1 is 2.00 bits per heavy atom.